The first kappa shape index (κ1) is 22.0. The summed E-state index contributed by atoms with van der Waals surface area (Å²) in [6, 6.07) is -1.03. The van der Waals surface area contributed by atoms with Crippen molar-refractivity contribution in [3.8, 4) is 0 Å². The number of fused-ring (bicyclic) bond motifs is 1. The third-order valence-electron chi connectivity index (χ3n) is 5.00. The lowest BCUT2D eigenvalue weighted by molar-refractivity contribution is -0.156. The van der Waals surface area contributed by atoms with Crippen molar-refractivity contribution in [2.45, 2.75) is 70.6 Å². The molecule has 5 unspecified atom stereocenters. The number of nitrogens with one attached hydrogen (secondary N) is 1. The van der Waals surface area contributed by atoms with Crippen LogP contribution in [-0.4, -0.2) is 77.3 Å². The van der Waals surface area contributed by atoms with Gasteiger partial charge in [0.2, 0.25) is 5.91 Å². The number of esters is 1. The summed E-state index contributed by atoms with van der Waals surface area (Å²) in [4.78, 5) is 24.5. The third-order valence-corrected chi connectivity index (χ3v) is 5.00. The lowest BCUT2D eigenvalue weighted by Gasteiger charge is -2.59. The molecule has 0 bridgehead atoms. The van der Waals surface area contributed by atoms with E-state index in [1.807, 2.05) is 6.92 Å². The molecule has 1 aliphatic heterocycles. The molecule has 1 saturated heterocycles. The van der Waals surface area contributed by atoms with Crippen molar-refractivity contribution in [3.05, 3.63) is 10.4 Å². The van der Waals surface area contributed by atoms with Crippen molar-refractivity contribution in [2.75, 3.05) is 19.7 Å². The smallest absolute Gasteiger partial charge is 0.303 e. The minimum Gasteiger partial charge on any atom is -0.783 e. The maximum atomic E-state index is 12.1. The Hall–Kier alpha value is -1.34. The molecule has 1 saturated carbocycles. The van der Waals surface area contributed by atoms with Gasteiger partial charge >= 0.3 is 5.97 Å². The number of carbonyl (C=O) groups is 2. The Kier molecular flexibility index (Phi) is 7.91. The molecule has 1 aliphatic carbocycles. The number of carbonyl (C=O) groups excluding carboxylic acids is 2. The summed E-state index contributed by atoms with van der Waals surface area (Å²) >= 11 is 0. The quantitative estimate of drug-likeness (QED) is 0.545. The van der Waals surface area contributed by atoms with Gasteiger partial charge in [-0.3, -0.25) is 9.59 Å². The molecule has 11 nitrogen and oxygen atoms in total. The molecule has 156 valence electrons. The zero-order valence-corrected chi connectivity index (χ0v) is 16.0. The van der Waals surface area contributed by atoms with Crippen LogP contribution < -0.4 is 11.2 Å². The molecule has 1 heterocycles. The molecule has 2 fully saturated rings. The van der Waals surface area contributed by atoms with Gasteiger partial charge in [-0.1, -0.05) is 0 Å². The fraction of sp³-hybridized carbons (Fsp3) is 0.875. The monoisotopic (exact) mass is 387 g/mol. The summed E-state index contributed by atoms with van der Waals surface area (Å²) in [5.74, 6) is -0.567. The molecule has 2 rings (SSSR count). The number of hydrogen-bond donors (Lipinski definition) is 2. The average molecular weight is 387 g/mol. The number of amides is 1. The Labute approximate surface area is 158 Å². The van der Waals surface area contributed by atoms with Crippen LogP contribution in [0.25, 0.3) is 0 Å². The predicted octanol–water partition coefficient (Wildman–Crippen LogP) is -0.547. The largest absolute Gasteiger partial charge is 0.783 e. The maximum Gasteiger partial charge on any atom is 0.303 e. The molecule has 3 N–H and O–H groups in total. The molecule has 0 radical (unpaired) electrons. The van der Waals surface area contributed by atoms with Gasteiger partial charge in [0.15, 0.2) is 0 Å². The van der Waals surface area contributed by atoms with E-state index in [1.54, 1.807) is 4.90 Å². The van der Waals surface area contributed by atoms with Gasteiger partial charge in [0.05, 0.1) is 19.3 Å². The summed E-state index contributed by atoms with van der Waals surface area (Å²) in [6.07, 6.45) is -0.443. The number of nitrogens with zero attached hydrogens (tertiary/aromatic N) is 3. The normalized spacial score (nSPS) is 30.4. The van der Waals surface area contributed by atoms with E-state index in [-0.39, 0.29) is 25.2 Å². The number of nitrogens with two attached hydrogens (primary N) is 1. The number of ether oxygens (including phenoxy) is 2. The van der Waals surface area contributed by atoms with Crippen LogP contribution in [0.3, 0.4) is 0 Å². The number of hydroxylamine groups is 3. The molecule has 5 atom stereocenters. The molecule has 0 aromatic rings. The van der Waals surface area contributed by atoms with Crippen LogP contribution in [0.1, 0.15) is 40.0 Å². The van der Waals surface area contributed by atoms with Gasteiger partial charge in [0, 0.05) is 32.5 Å². The standard InChI is InChI=1S/C16H29N5O6/c1-4-19(10(2)22)8-13(27-11(3)23)9-26-12-5-6-14-15(7-12)21(25)18-16(17)20(14)24/h12-16,18H,4-9,17H2,1-3H3/q-2. The fourth-order valence-electron chi connectivity index (χ4n) is 3.61. The van der Waals surface area contributed by atoms with Crippen LogP contribution in [0.2, 0.25) is 0 Å². The zero-order valence-electron chi connectivity index (χ0n) is 16.0. The van der Waals surface area contributed by atoms with Crippen molar-refractivity contribution in [1.29, 1.82) is 0 Å². The highest BCUT2D eigenvalue weighted by atomic mass is 16.6. The zero-order chi connectivity index (χ0) is 20.1. The van der Waals surface area contributed by atoms with E-state index >= 15 is 0 Å². The summed E-state index contributed by atoms with van der Waals surface area (Å²) < 4.78 is 11.1. The minimum atomic E-state index is -1.04. The van der Waals surface area contributed by atoms with E-state index in [0.717, 1.165) is 5.06 Å². The number of hydrogen-bond acceptors (Lipinski definition) is 10. The van der Waals surface area contributed by atoms with Gasteiger partial charge in [0.25, 0.3) is 0 Å². The predicted molar refractivity (Wildman–Crippen MR) is 96.2 cm³/mol. The van der Waals surface area contributed by atoms with Crippen LogP contribution >= 0.6 is 0 Å². The number of likely N-dealkylation sites (N-methyl/N-ethyl adjacent to an activating group) is 1. The molecule has 0 aromatic heterocycles. The minimum absolute atomic E-state index is 0.109. The van der Waals surface area contributed by atoms with E-state index in [0.29, 0.717) is 31.0 Å². The van der Waals surface area contributed by atoms with Crippen molar-refractivity contribution in [1.82, 2.24) is 20.6 Å². The van der Waals surface area contributed by atoms with Crippen LogP contribution in [-0.2, 0) is 19.1 Å². The van der Waals surface area contributed by atoms with Gasteiger partial charge in [0.1, 0.15) is 12.4 Å². The Bertz CT molecular complexity index is 524. The van der Waals surface area contributed by atoms with Gasteiger partial charge in [-0.25, -0.2) is 5.43 Å². The second-order valence-electron chi connectivity index (χ2n) is 6.95. The molecule has 11 heteroatoms. The first-order valence-corrected chi connectivity index (χ1v) is 9.20. The number of rotatable bonds is 7. The maximum absolute atomic E-state index is 12.1. The fourth-order valence-corrected chi connectivity index (χ4v) is 3.61. The lowest BCUT2D eigenvalue weighted by Crippen LogP contribution is -2.70. The van der Waals surface area contributed by atoms with Gasteiger partial charge < -0.3 is 40.8 Å². The van der Waals surface area contributed by atoms with Gasteiger partial charge in [-0.05, 0) is 26.2 Å². The molecule has 0 spiro atoms. The van der Waals surface area contributed by atoms with Crippen LogP contribution in [0.15, 0.2) is 0 Å². The Morgan fingerprint density at radius 1 is 1.30 bits per heavy atom. The van der Waals surface area contributed by atoms with Gasteiger partial charge in [-0.15, -0.1) is 0 Å². The highest BCUT2D eigenvalue weighted by Gasteiger charge is 2.37. The highest BCUT2D eigenvalue weighted by molar-refractivity contribution is 5.73. The van der Waals surface area contributed by atoms with Crippen LogP contribution in [0.4, 0.5) is 0 Å². The molecule has 0 aromatic carbocycles. The average Bonchev–Trinajstić information content (AvgIpc) is 2.61. The molecule has 2 aliphatic rings. The Morgan fingerprint density at radius 2 is 2.00 bits per heavy atom. The summed E-state index contributed by atoms with van der Waals surface area (Å²) in [5, 5.41) is 25.5. The first-order valence-electron chi connectivity index (χ1n) is 9.20. The Morgan fingerprint density at radius 3 is 2.59 bits per heavy atom. The highest BCUT2D eigenvalue weighted by Crippen LogP contribution is 2.30. The lowest BCUT2D eigenvalue weighted by atomic mass is 9.87. The molecular formula is C16H29N5O6-2. The molecule has 1 amide bonds. The summed E-state index contributed by atoms with van der Waals surface area (Å²) in [6.45, 7) is 5.44. The molecular weight excluding hydrogens is 358 g/mol. The van der Waals surface area contributed by atoms with Crippen molar-refractivity contribution in [3.63, 3.8) is 0 Å². The Balaban J connectivity index is 1.91. The van der Waals surface area contributed by atoms with Crippen LogP contribution in [0.5, 0.6) is 0 Å². The van der Waals surface area contributed by atoms with Crippen molar-refractivity contribution in [2.24, 2.45) is 5.73 Å². The molecule has 27 heavy (non-hydrogen) atoms. The van der Waals surface area contributed by atoms with E-state index in [4.69, 9.17) is 15.2 Å². The summed E-state index contributed by atoms with van der Waals surface area (Å²) in [7, 11) is 0. The van der Waals surface area contributed by atoms with E-state index in [2.05, 4.69) is 5.43 Å². The van der Waals surface area contributed by atoms with E-state index in [1.165, 1.54) is 13.8 Å². The van der Waals surface area contributed by atoms with E-state index in [9.17, 15) is 20.0 Å². The van der Waals surface area contributed by atoms with Crippen molar-refractivity contribution < 1.29 is 19.1 Å². The SMILES string of the molecule is CCN(CC(COC1CCC2C(C1)N([O-])NC(N)N2[O-])OC(C)=O)C(C)=O. The topological polar surface area (TPSA) is 146 Å². The number of hydrazine groups is 1. The van der Waals surface area contributed by atoms with Gasteiger partial charge in [-0.2, -0.15) is 0 Å². The van der Waals surface area contributed by atoms with Crippen LogP contribution in [0, 0.1) is 10.4 Å². The van der Waals surface area contributed by atoms with E-state index < -0.39 is 30.4 Å². The summed E-state index contributed by atoms with van der Waals surface area (Å²) in [5.41, 5.74) is 7.97. The second-order valence-corrected chi connectivity index (χ2v) is 6.95. The third kappa shape index (κ3) is 5.82. The van der Waals surface area contributed by atoms with Crippen molar-refractivity contribution >= 4 is 11.9 Å². The first-order chi connectivity index (χ1) is 12.7. The second kappa shape index (κ2) is 9.73.